The molecule has 142 valence electrons. The summed E-state index contributed by atoms with van der Waals surface area (Å²) in [6, 6.07) is 22.6. The topological polar surface area (TPSA) is 56.8 Å². The van der Waals surface area contributed by atoms with Gasteiger partial charge in [-0.2, -0.15) is 10.5 Å². The van der Waals surface area contributed by atoms with Crippen molar-refractivity contribution < 1.29 is 4.74 Å². The van der Waals surface area contributed by atoms with Gasteiger partial charge in [-0.25, -0.2) is 0 Å². The van der Waals surface area contributed by atoms with E-state index < -0.39 is 0 Å². The van der Waals surface area contributed by atoms with Crippen molar-refractivity contribution in [3.63, 3.8) is 0 Å². The predicted molar refractivity (Wildman–Crippen MR) is 122 cm³/mol. The van der Waals surface area contributed by atoms with E-state index in [-0.39, 0.29) is 6.61 Å². The van der Waals surface area contributed by atoms with Crippen LogP contribution >= 0.6 is 43.5 Å². The molecule has 0 aliphatic heterocycles. The van der Waals surface area contributed by atoms with Crippen LogP contribution in [0.4, 0.5) is 0 Å². The van der Waals surface area contributed by atoms with Gasteiger partial charge in [0.1, 0.15) is 12.4 Å². The molecule has 0 fully saturated rings. The van der Waals surface area contributed by atoms with Crippen LogP contribution in [0, 0.1) is 22.7 Å². The quantitative estimate of drug-likeness (QED) is 0.256. The van der Waals surface area contributed by atoms with Gasteiger partial charge in [0.2, 0.25) is 0 Å². The number of allylic oxidation sites excluding steroid dienone is 1. The maximum atomic E-state index is 9.57. The van der Waals surface area contributed by atoms with Crippen molar-refractivity contribution in [1.82, 2.24) is 0 Å². The highest BCUT2D eigenvalue weighted by molar-refractivity contribution is 9.11. The van der Waals surface area contributed by atoms with Crippen molar-refractivity contribution in [1.29, 1.82) is 10.5 Å². The fourth-order valence-electron chi connectivity index (χ4n) is 2.72. The molecule has 3 nitrogen and oxygen atoms in total. The number of nitrogens with zero attached hydrogens (tertiary/aromatic N) is 2. The molecule has 0 aliphatic rings. The van der Waals surface area contributed by atoms with E-state index in [0.717, 1.165) is 20.1 Å². The first kappa shape index (κ1) is 21.1. The smallest absolute Gasteiger partial charge is 0.148 e. The Morgan fingerprint density at radius 2 is 1.66 bits per heavy atom. The first-order chi connectivity index (χ1) is 14.0. The molecule has 0 atom stereocenters. The van der Waals surface area contributed by atoms with Crippen LogP contribution in [0.2, 0.25) is 5.02 Å². The van der Waals surface area contributed by atoms with Gasteiger partial charge in [0.15, 0.2) is 0 Å². The number of nitriles is 2. The molecule has 0 radical (unpaired) electrons. The minimum Gasteiger partial charge on any atom is -0.486 e. The zero-order valence-corrected chi connectivity index (χ0v) is 18.9. The van der Waals surface area contributed by atoms with Gasteiger partial charge < -0.3 is 4.74 Å². The molecule has 0 bridgehead atoms. The molecule has 0 spiro atoms. The molecule has 3 aromatic rings. The summed E-state index contributed by atoms with van der Waals surface area (Å²) in [5, 5.41) is 19.3. The Balaban J connectivity index is 1.89. The molecule has 0 N–H and O–H groups in total. The normalized spacial score (nSPS) is 10.9. The fourth-order valence-corrected chi connectivity index (χ4v) is 4.41. The third kappa shape index (κ3) is 5.08. The van der Waals surface area contributed by atoms with Crippen LogP contribution in [0.25, 0.3) is 11.6 Å². The van der Waals surface area contributed by atoms with Gasteiger partial charge in [-0.1, -0.05) is 48.0 Å². The lowest BCUT2D eigenvalue weighted by Gasteiger charge is -2.12. The fraction of sp³-hybridized carbons (Fsp3) is 0.0435. The summed E-state index contributed by atoms with van der Waals surface area (Å²) in [7, 11) is 0. The van der Waals surface area contributed by atoms with Crippen molar-refractivity contribution >= 4 is 55.1 Å². The molecule has 0 saturated carbocycles. The van der Waals surface area contributed by atoms with Crippen LogP contribution in [0.1, 0.15) is 22.3 Å². The Hall–Kier alpha value is -2.57. The number of halogens is 3. The van der Waals surface area contributed by atoms with Crippen molar-refractivity contribution in [2.75, 3.05) is 0 Å². The predicted octanol–water partition coefficient (Wildman–Crippen LogP) is 7.38. The zero-order chi connectivity index (χ0) is 20.8. The molecule has 0 aromatic heterocycles. The SMILES string of the molecule is N#CC(=Cc1cc(Br)c(OCc2ccccc2C#N)c(Br)c1)c1ccccc1Cl. The molecule has 3 rings (SSSR count). The lowest BCUT2D eigenvalue weighted by Crippen LogP contribution is -1.99. The van der Waals surface area contributed by atoms with Crippen molar-refractivity contribution in [3.8, 4) is 17.9 Å². The van der Waals surface area contributed by atoms with Gasteiger partial charge in [-0.3, -0.25) is 0 Å². The van der Waals surface area contributed by atoms with Gasteiger partial charge in [0, 0.05) is 16.1 Å². The van der Waals surface area contributed by atoms with E-state index in [0.29, 0.717) is 27.5 Å². The number of rotatable bonds is 5. The molecule has 29 heavy (non-hydrogen) atoms. The summed E-state index contributed by atoms with van der Waals surface area (Å²) in [5.41, 5.74) is 3.34. The Morgan fingerprint density at radius 1 is 1.00 bits per heavy atom. The monoisotopic (exact) mass is 526 g/mol. The second kappa shape index (κ2) is 9.76. The summed E-state index contributed by atoms with van der Waals surface area (Å²) in [6.45, 7) is 0.263. The molecule has 0 unspecified atom stereocenters. The molecule has 0 aliphatic carbocycles. The van der Waals surface area contributed by atoms with Crippen LogP contribution in [-0.4, -0.2) is 0 Å². The van der Waals surface area contributed by atoms with Crippen LogP contribution in [0.3, 0.4) is 0 Å². The number of benzene rings is 3. The van der Waals surface area contributed by atoms with Gasteiger partial charge >= 0.3 is 0 Å². The zero-order valence-electron chi connectivity index (χ0n) is 15.0. The maximum absolute atomic E-state index is 9.57. The van der Waals surface area contributed by atoms with Gasteiger partial charge in [-0.15, -0.1) is 0 Å². The Bertz CT molecular complexity index is 1150. The first-order valence-electron chi connectivity index (χ1n) is 8.50. The summed E-state index contributed by atoms with van der Waals surface area (Å²) < 4.78 is 7.39. The van der Waals surface area contributed by atoms with E-state index in [9.17, 15) is 10.5 Å². The van der Waals surface area contributed by atoms with E-state index in [2.05, 4.69) is 44.0 Å². The summed E-state index contributed by atoms with van der Waals surface area (Å²) in [6.07, 6.45) is 1.77. The van der Waals surface area contributed by atoms with Crippen LogP contribution in [0.15, 0.2) is 69.6 Å². The number of hydrogen-bond acceptors (Lipinski definition) is 3. The lowest BCUT2D eigenvalue weighted by molar-refractivity contribution is 0.302. The average molecular weight is 529 g/mol. The molecule has 6 heteroatoms. The maximum Gasteiger partial charge on any atom is 0.148 e. The highest BCUT2D eigenvalue weighted by Gasteiger charge is 2.12. The van der Waals surface area contributed by atoms with Crippen LogP contribution in [0.5, 0.6) is 5.75 Å². The first-order valence-corrected chi connectivity index (χ1v) is 10.5. The summed E-state index contributed by atoms with van der Waals surface area (Å²) in [5.74, 6) is 0.617. The van der Waals surface area contributed by atoms with E-state index in [4.69, 9.17) is 16.3 Å². The van der Waals surface area contributed by atoms with Gasteiger partial charge in [0.05, 0.1) is 32.2 Å². The van der Waals surface area contributed by atoms with Crippen LogP contribution < -0.4 is 4.74 Å². The summed E-state index contributed by atoms with van der Waals surface area (Å²) in [4.78, 5) is 0. The molecule has 0 amide bonds. The molecule has 0 saturated heterocycles. The van der Waals surface area contributed by atoms with E-state index in [1.807, 2.05) is 48.5 Å². The number of hydrogen-bond donors (Lipinski definition) is 0. The highest BCUT2D eigenvalue weighted by Crippen LogP contribution is 2.37. The van der Waals surface area contributed by atoms with E-state index in [1.54, 1.807) is 18.2 Å². The minimum absolute atomic E-state index is 0.263. The average Bonchev–Trinajstić information content (AvgIpc) is 2.72. The third-order valence-electron chi connectivity index (χ3n) is 4.13. The van der Waals surface area contributed by atoms with Gasteiger partial charge in [0.25, 0.3) is 0 Å². The Labute approximate surface area is 191 Å². The van der Waals surface area contributed by atoms with Crippen molar-refractivity contribution in [2.45, 2.75) is 6.61 Å². The van der Waals surface area contributed by atoms with E-state index >= 15 is 0 Å². The Kier molecular flexibility index (Phi) is 7.12. The van der Waals surface area contributed by atoms with Crippen molar-refractivity contribution in [3.05, 3.63) is 96.9 Å². The Morgan fingerprint density at radius 3 is 2.31 bits per heavy atom. The largest absolute Gasteiger partial charge is 0.486 e. The molecular weight excluding hydrogens is 516 g/mol. The summed E-state index contributed by atoms with van der Waals surface area (Å²) >= 11 is 13.3. The second-order valence-electron chi connectivity index (χ2n) is 6.02. The third-order valence-corrected chi connectivity index (χ3v) is 5.63. The molecule has 3 aromatic carbocycles. The minimum atomic E-state index is 0.263. The molecular formula is C23H13Br2ClN2O. The van der Waals surface area contributed by atoms with E-state index in [1.165, 1.54) is 0 Å². The lowest BCUT2D eigenvalue weighted by atomic mass is 10.0. The van der Waals surface area contributed by atoms with Gasteiger partial charge in [-0.05, 0) is 67.8 Å². The highest BCUT2D eigenvalue weighted by atomic mass is 79.9. The second-order valence-corrected chi connectivity index (χ2v) is 8.14. The van der Waals surface area contributed by atoms with Crippen molar-refractivity contribution in [2.24, 2.45) is 0 Å². The standard InChI is InChI=1S/C23H13Br2ClN2O/c24-20-10-15(9-18(13-28)19-7-3-4-8-22(19)26)11-21(25)23(20)29-14-17-6-2-1-5-16(17)12-27/h1-11H,14H2. The van der Waals surface area contributed by atoms with Crippen LogP contribution in [-0.2, 0) is 6.61 Å². The molecule has 0 heterocycles. The number of ether oxygens (including phenoxy) is 1.